The summed E-state index contributed by atoms with van der Waals surface area (Å²) in [6.07, 6.45) is 0. The van der Waals surface area contributed by atoms with Gasteiger partial charge in [-0.15, -0.1) is 11.8 Å². The van der Waals surface area contributed by atoms with Crippen LogP contribution < -0.4 is 5.32 Å². The number of carboxylic acid groups (broad SMARTS) is 1. The summed E-state index contributed by atoms with van der Waals surface area (Å²) in [6, 6.07) is 4.18. The third-order valence-electron chi connectivity index (χ3n) is 2.60. The van der Waals surface area contributed by atoms with Crippen molar-refractivity contribution in [2.24, 2.45) is 0 Å². The van der Waals surface area contributed by atoms with Gasteiger partial charge in [-0.05, 0) is 34.1 Å². The lowest BCUT2D eigenvalue weighted by atomic mass is 10.3. The van der Waals surface area contributed by atoms with Gasteiger partial charge in [-0.2, -0.15) is 0 Å². The van der Waals surface area contributed by atoms with Gasteiger partial charge in [0.1, 0.15) is 6.04 Å². The second-order valence-corrected chi connectivity index (χ2v) is 6.65. The molecule has 1 atom stereocenters. The number of thioether (sulfide) groups is 1. The van der Waals surface area contributed by atoms with Gasteiger partial charge in [0.05, 0.1) is 11.6 Å². The Hall–Kier alpha value is -0.730. The number of nitrogens with one attached hydrogen (secondary N) is 1. The van der Waals surface area contributed by atoms with Crippen molar-refractivity contribution in [1.29, 1.82) is 0 Å². The molecule has 1 aliphatic heterocycles. The van der Waals surface area contributed by atoms with Crippen molar-refractivity contribution in [3.63, 3.8) is 0 Å². The number of benzene rings is 1. The van der Waals surface area contributed by atoms with Crippen molar-refractivity contribution >= 4 is 61.3 Å². The van der Waals surface area contributed by atoms with Crippen LogP contribution in [0, 0.1) is 0 Å². The van der Waals surface area contributed by atoms with Crippen LogP contribution in [0.1, 0.15) is 0 Å². The van der Waals surface area contributed by atoms with Crippen molar-refractivity contribution in [3.05, 3.63) is 27.1 Å². The molecule has 1 heterocycles. The highest BCUT2D eigenvalue weighted by Gasteiger charge is 2.34. The summed E-state index contributed by atoms with van der Waals surface area (Å²) >= 11 is 8.10. The number of halogens is 2. The standard InChI is InChI=1S/C11H10Br2N2O3S/c12-6-1-2-8(7(13)3-6)14-11(18)15-5-19-4-9(15)10(16)17/h1-3,9H,4-5H2,(H,14,18)(H,16,17)/t9-/m0/s1. The SMILES string of the molecule is O=C(O)[C@@H]1CSCN1C(=O)Nc1ccc(Br)cc1Br. The van der Waals surface area contributed by atoms with Crippen LogP contribution in [-0.4, -0.2) is 39.7 Å². The number of carbonyl (C=O) groups is 2. The molecule has 1 saturated heterocycles. The Labute approximate surface area is 131 Å². The molecule has 0 radical (unpaired) electrons. The van der Waals surface area contributed by atoms with Crippen LogP contribution in [0.5, 0.6) is 0 Å². The van der Waals surface area contributed by atoms with Crippen molar-refractivity contribution in [3.8, 4) is 0 Å². The van der Waals surface area contributed by atoms with E-state index in [2.05, 4.69) is 37.2 Å². The molecule has 102 valence electrons. The summed E-state index contributed by atoms with van der Waals surface area (Å²) in [7, 11) is 0. The second kappa shape index (κ2) is 6.15. The molecule has 0 aromatic heterocycles. The number of urea groups is 1. The molecule has 1 aromatic carbocycles. The minimum absolute atomic E-state index is 0.386. The topological polar surface area (TPSA) is 69.6 Å². The molecule has 1 aliphatic rings. The predicted molar refractivity (Wildman–Crippen MR) is 81.4 cm³/mol. The van der Waals surface area contributed by atoms with E-state index in [0.717, 1.165) is 8.95 Å². The van der Waals surface area contributed by atoms with Gasteiger partial charge in [-0.25, -0.2) is 9.59 Å². The summed E-state index contributed by atoms with van der Waals surface area (Å²) in [5.41, 5.74) is 0.606. The Bertz CT molecular complexity index is 527. The number of amides is 2. The van der Waals surface area contributed by atoms with Gasteiger partial charge in [-0.3, -0.25) is 0 Å². The van der Waals surface area contributed by atoms with E-state index in [4.69, 9.17) is 5.11 Å². The molecule has 0 aliphatic carbocycles. The molecule has 0 bridgehead atoms. The van der Waals surface area contributed by atoms with E-state index in [-0.39, 0.29) is 0 Å². The van der Waals surface area contributed by atoms with Gasteiger partial charge in [-0.1, -0.05) is 15.9 Å². The first-order valence-electron chi connectivity index (χ1n) is 5.32. The van der Waals surface area contributed by atoms with Crippen LogP contribution in [0.4, 0.5) is 10.5 Å². The van der Waals surface area contributed by atoms with Crippen LogP contribution in [0.3, 0.4) is 0 Å². The first-order valence-corrected chi connectivity index (χ1v) is 8.06. The number of hydrogen-bond acceptors (Lipinski definition) is 3. The van der Waals surface area contributed by atoms with Crippen LogP contribution in [0.25, 0.3) is 0 Å². The van der Waals surface area contributed by atoms with Crippen molar-refractivity contribution in [2.45, 2.75) is 6.04 Å². The number of carbonyl (C=O) groups excluding carboxylic acids is 1. The lowest BCUT2D eigenvalue weighted by Gasteiger charge is -2.21. The number of anilines is 1. The van der Waals surface area contributed by atoms with Crippen molar-refractivity contribution in [1.82, 2.24) is 4.90 Å². The van der Waals surface area contributed by atoms with Crippen LogP contribution in [0.2, 0.25) is 0 Å². The molecular formula is C11H10Br2N2O3S. The summed E-state index contributed by atoms with van der Waals surface area (Å²) in [6.45, 7) is 0. The van der Waals surface area contributed by atoms with E-state index in [1.165, 1.54) is 16.7 Å². The zero-order valence-electron chi connectivity index (χ0n) is 9.60. The van der Waals surface area contributed by atoms with Gasteiger partial charge >= 0.3 is 12.0 Å². The maximum absolute atomic E-state index is 12.1. The second-order valence-electron chi connectivity index (χ2n) is 3.88. The molecule has 0 saturated carbocycles. The molecular weight excluding hydrogens is 400 g/mol. The fourth-order valence-electron chi connectivity index (χ4n) is 1.63. The molecule has 0 unspecified atom stereocenters. The van der Waals surface area contributed by atoms with E-state index in [1.54, 1.807) is 12.1 Å². The molecule has 8 heteroatoms. The summed E-state index contributed by atoms with van der Waals surface area (Å²) in [5, 5.41) is 11.7. The Morgan fingerprint density at radius 3 is 2.79 bits per heavy atom. The van der Waals surface area contributed by atoms with E-state index in [1.807, 2.05) is 6.07 Å². The largest absolute Gasteiger partial charge is 0.480 e. The van der Waals surface area contributed by atoms with E-state index < -0.39 is 18.0 Å². The number of aliphatic carboxylic acids is 1. The molecule has 2 N–H and O–H groups in total. The molecule has 1 fully saturated rings. The number of rotatable bonds is 2. The lowest BCUT2D eigenvalue weighted by molar-refractivity contribution is -0.140. The number of nitrogens with zero attached hydrogens (tertiary/aromatic N) is 1. The monoisotopic (exact) mass is 408 g/mol. The predicted octanol–water partition coefficient (Wildman–Crippen LogP) is 3.20. The van der Waals surface area contributed by atoms with Crippen LogP contribution in [0.15, 0.2) is 27.1 Å². The maximum Gasteiger partial charge on any atom is 0.327 e. The highest BCUT2D eigenvalue weighted by atomic mass is 79.9. The third kappa shape index (κ3) is 3.43. The third-order valence-corrected chi connectivity index (χ3v) is 4.76. The highest BCUT2D eigenvalue weighted by molar-refractivity contribution is 9.11. The Morgan fingerprint density at radius 1 is 1.42 bits per heavy atom. The fraction of sp³-hybridized carbons (Fsp3) is 0.273. The van der Waals surface area contributed by atoms with Gasteiger partial charge in [0, 0.05) is 14.7 Å². The lowest BCUT2D eigenvalue weighted by Crippen LogP contribution is -2.44. The average molecular weight is 410 g/mol. The minimum Gasteiger partial charge on any atom is -0.480 e. The van der Waals surface area contributed by atoms with Crippen molar-refractivity contribution < 1.29 is 14.7 Å². The van der Waals surface area contributed by atoms with E-state index in [0.29, 0.717) is 17.3 Å². The van der Waals surface area contributed by atoms with E-state index >= 15 is 0 Å². The highest BCUT2D eigenvalue weighted by Crippen LogP contribution is 2.28. The van der Waals surface area contributed by atoms with Crippen molar-refractivity contribution in [2.75, 3.05) is 16.9 Å². The Balaban J connectivity index is 2.10. The zero-order chi connectivity index (χ0) is 14.0. The van der Waals surface area contributed by atoms with Crippen LogP contribution in [-0.2, 0) is 4.79 Å². The van der Waals surface area contributed by atoms with Crippen LogP contribution >= 0.6 is 43.6 Å². The first kappa shape index (κ1) is 14.7. The molecule has 1 aromatic rings. The molecule has 2 amide bonds. The van der Waals surface area contributed by atoms with Gasteiger partial charge in [0.15, 0.2) is 0 Å². The van der Waals surface area contributed by atoms with Gasteiger partial charge < -0.3 is 15.3 Å². The van der Waals surface area contributed by atoms with Gasteiger partial charge in [0.2, 0.25) is 0 Å². The molecule has 2 rings (SSSR count). The molecule has 0 spiro atoms. The fourth-order valence-corrected chi connectivity index (χ4v) is 3.92. The first-order chi connectivity index (χ1) is 8.99. The normalized spacial score (nSPS) is 18.4. The number of hydrogen-bond donors (Lipinski definition) is 2. The average Bonchev–Trinajstić information content (AvgIpc) is 2.82. The zero-order valence-corrected chi connectivity index (χ0v) is 13.6. The quantitative estimate of drug-likeness (QED) is 0.786. The van der Waals surface area contributed by atoms with E-state index in [9.17, 15) is 9.59 Å². The minimum atomic E-state index is -0.977. The molecule has 5 nitrogen and oxygen atoms in total. The smallest absolute Gasteiger partial charge is 0.327 e. The summed E-state index contributed by atoms with van der Waals surface area (Å²) in [4.78, 5) is 24.4. The summed E-state index contributed by atoms with van der Waals surface area (Å²) in [5.74, 6) is -0.170. The summed E-state index contributed by atoms with van der Waals surface area (Å²) < 4.78 is 1.62. The number of carboxylic acids is 1. The Kier molecular flexibility index (Phi) is 4.75. The van der Waals surface area contributed by atoms with Gasteiger partial charge in [0.25, 0.3) is 0 Å². The molecule has 19 heavy (non-hydrogen) atoms. The Morgan fingerprint density at radius 2 is 2.16 bits per heavy atom. The maximum atomic E-state index is 12.1.